The first-order chi connectivity index (χ1) is 10.8. The molecule has 4 heteroatoms. The molecule has 1 aromatic carbocycles. The summed E-state index contributed by atoms with van der Waals surface area (Å²) in [5.74, 6) is 0.105. The third-order valence-electron chi connectivity index (χ3n) is 4.24. The van der Waals surface area contributed by atoms with Crippen molar-refractivity contribution in [2.45, 2.75) is 59.2 Å². The Morgan fingerprint density at radius 2 is 1.83 bits per heavy atom. The summed E-state index contributed by atoms with van der Waals surface area (Å²) in [6.45, 7) is 9.57. The van der Waals surface area contributed by atoms with Gasteiger partial charge in [0.05, 0.1) is 6.10 Å². The van der Waals surface area contributed by atoms with Gasteiger partial charge in [0.1, 0.15) is 0 Å². The summed E-state index contributed by atoms with van der Waals surface area (Å²) < 4.78 is 0. The molecule has 128 valence electrons. The predicted molar refractivity (Wildman–Crippen MR) is 92.9 cm³/mol. The number of hydrogen-bond donors (Lipinski definition) is 2. The Balaban J connectivity index is 1.91. The topological polar surface area (TPSA) is 52.6 Å². The zero-order valence-corrected chi connectivity index (χ0v) is 14.6. The Bertz CT molecular complexity index is 514. The molecule has 0 spiro atoms. The molecule has 0 unspecified atom stereocenters. The molecule has 4 nitrogen and oxygen atoms in total. The molecule has 1 aliphatic rings. The third kappa shape index (κ3) is 6.32. The normalized spacial score (nSPS) is 17.2. The van der Waals surface area contributed by atoms with Gasteiger partial charge in [0.15, 0.2) is 0 Å². The monoisotopic (exact) mass is 318 g/mol. The summed E-state index contributed by atoms with van der Waals surface area (Å²) in [4.78, 5) is 14.4. The quantitative estimate of drug-likeness (QED) is 0.877. The third-order valence-corrected chi connectivity index (χ3v) is 4.24. The maximum Gasteiger partial charge on any atom is 0.220 e. The van der Waals surface area contributed by atoms with Crippen LogP contribution in [0.25, 0.3) is 0 Å². The van der Waals surface area contributed by atoms with E-state index >= 15 is 0 Å². The van der Waals surface area contributed by atoms with E-state index in [1.807, 2.05) is 6.07 Å². The van der Waals surface area contributed by atoms with Crippen LogP contribution in [0.3, 0.4) is 0 Å². The number of piperidine rings is 1. The Morgan fingerprint density at radius 1 is 1.22 bits per heavy atom. The number of hydrogen-bond acceptors (Lipinski definition) is 3. The van der Waals surface area contributed by atoms with Crippen LogP contribution in [0.1, 0.15) is 51.2 Å². The molecule has 1 aromatic rings. The number of nitrogens with zero attached hydrogens (tertiary/aromatic N) is 1. The zero-order valence-electron chi connectivity index (χ0n) is 14.6. The largest absolute Gasteiger partial charge is 0.393 e. The van der Waals surface area contributed by atoms with E-state index in [4.69, 9.17) is 0 Å². The average molecular weight is 318 g/mol. The van der Waals surface area contributed by atoms with E-state index in [9.17, 15) is 9.90 Å². The number of aliphatic hydroxyl groups excluding tert-OH is 1. The van der Waals surface area contributed by atoms with Gasteiger partial charge in [0.25, 0.3) is 0 Å². The van der Waals surface area contributed by atoms with Gasteiger partial charge in [-0.05, 0) is 29.4 Å². The highest BCUT2D eigenvalue weighted by molar-refractivity contribution is 5.76. The molecule has 0 aliphatic carbocycles. The van der Waals surface area contributed by atoms with Crippen LogP contribution in [0.4, 0.5) is 0 Å². The lowest BCUT2D eigenvalue weighted by Crippen LogP contribution is -2.35. The molecule has 0 atom stereocenters. The van der Waals surface area contributed by atoms with E-state index in [2.05, 4.69) is 49.2 Å². The van der Waals surface area contributed by atoms with Gasteiger partial charge in [-0.25, -0.2) is 0 Å². The van der Waals surface area contributed by atoms with Crippen molar-refractivity contribution < 1.29 is 9.90 Å². The number of nitrogens with one attached hydrogen (secondary N) is 1. The minimum atomic E-state index is -0.141. The van der Waals surface area contributed by atoms with E-state index in [1.54, 1.807) is 0 Å². The lowest BCUT2D eigenvalue weighted by molar-refractivity contribution is -0.122. The van der Waals surface area contributed by atoms with E-state index in [0.717, 1.165) is 32.5 Å². The first-order valence-corrected chi connectivity index (χ1v) is 8.57. The number of rotatable bonds is 5. The van der Waals surface area contributed by atoms with Crippen LogP contribution in [0, 0.1) is 5.41 Å². The van der Waals surface area contributed by atoms with E-state index < -0.39 is 0 Å². The van der Waals surface area contributed by atoms with E-state index in [0.29, 0.717) is 13.0 Å². The highest BCUT2D eigenvalue weighted by atomic mass is 16.3. The molecule has 2 N–H and O–H groups in total. The van der Waals surface area contributed by atoms with Crippen molar-refractivity contribution in [1.29, 1.82) is 0 Å². The highest BCUT2D eigenvalue weighted by Gasteiger charge is 2.18. The number of amides is 1. The molecule has 2 rings (SSSR count). The minimum Gasteiger partial charge on any atom is -0.393 e. The fourth-order valence-electron chi connectivity index (χ4n) is 2.94. The molecule has 1 heterocycles. The summed E-state index contributed by atoms with van der Waals surface area (Å²) >= 11 is 0. The van der Waals surface area contributed by atoms with Crippen molar-refractivity contribution in [2.75, 3.05) is 13.1 Å². The summed E-state index contributed by atoms with van der Waals surface area (Å²) in [5, 5.41) is 12.7. The second-order valence-electron chi connectivity index (χ2n) is 7.79. The second kappa shape index (κ2) is 7.93. The zero-order chi connectivity index (χ0) is 16.9. The summed E-state index contributed by atoms with van der Waals surface area (Å²) in [6, 6.07) is 8.30. The van der Waals surface area contributed by atoms with Crippen molar-refractivity contribution in [3.8, 4) is 0 Å². The van der Waals surface area contributed by atoms with E-state index in [1.165, 1.54) is 11.1 Å². The first kappa shape index (κ1) is 18.0. The lowest BCUT2D eigenvalue weighted by atomic mass is 9.92. The van der Waals surface area contributed by atoms with Crippen molar-refractivity contribution in [1.82, 2.24) is 10.2 Å². The Labute approximate surface area is 139 Å². The Kier molecular flexibility index (Phi) is 6.19. The number of aliphatic hydroxyl groups is 1. The molecule has 1 fully saturated rings. The van der Waals surface area contributed by atoms with Gasteiger partial charge in [-0.1, -0.05) is 45.0 Å². The molecular formula is C19H30N2O2. The van der Waals surface area contributed by atoms with Crippen molar-refractivity contribution in [3.63, 3.8) is 0 Å². The first-order valence-electron chi connectivity index (χ1n) is 8.57. The van der Waals surface area contributed by atoms with Crippen LogP contribution in [-0.4, -0.2) is 35.1 Å². The molecule has 23 heavy (non-hydrogen) atoms. The van der Waals surface area contributed by atoms with E-state index in [-0.39, 0.29) is 17.4 Å². The van der Waals surface area contributed by atoms with Crippen LogP contribution in [0.2, 0.25) is 0 Å². The number of benzene rings is 1. The van der Waals surface area contributed by atoms with Gasteiger partial charge in [0.2, 0.25) is 5.91 Å². The maximum absolute atomic E-state index is 12.0. The van der Waals surface area contributed by atoms with Gasteiger partial charge < -0.3 is 10.4 Å². The van der Waals surface area contributed by atoms with Crippen molar-refractivity contribution in [3.05, 3.63) is 35.4 Å². The fraction of sp³-hybridized carbons (Fsp3) is 0.632. The molecule has 0 saturated carbocycles. The molecule has 1 amide bonds. The van der Waals surface area contributed by atoms with Gasteiger partial charge in [-0.3, -0.25) is 9.69 Å². The summed E-state index contributed by atoms with van der Waals surface area (Å²) in [6.07, 6.45) is 2.10. The Morgan fingerprint density at radius 3 is 2.43 bits per heavy atom. The number of carbonyl (C=O) groups excluding carboxylic acids is 1. The molecule has 1 saturated heterocycles. The lowest BCUT2D eigenvalue weighted by Gasteiger charge is -2.30. The van der Waals surface area contributed by atoms with Crippen LogP contribution in [-0.2, 0) is 17.9 Å². The smallest absolute Gasteiger partial charge is 0.220 e. The van der Waals surface area contributed by atoms with Crippen molar-refractivity contribution >= 4 is 5.91 Å². The SMILES string of the molecule is CC(C)(C)CC(=O)NCc1ccccc1CN1CCC(O)CC1. The standard InChI is InChI=1S/C19H30N2O2/c1-19(2,3)12-18(23)20-13-15-6-4-5-7-16(15)14-21-10-8-17(22)9-11-21/h4-7,17,22H,8-14H2,1-3H3,(H,20,23). The molecule has 0 bridgehead atoms. The van der Waals surface area contributed by atoms with Gasteiger partial charge in [0, 0.05) is 32.6 Å². The van der Waals surface area contributed by atoms with Gasteiger partial charge in [-0.15, -0.1) is 0 Å². The van der Waals surface area contributed by atoms with Gasteiger partial charge >= 0.3 is 0 Å². The highest BCUT2D eigenvalue weighted by Crippen LogP contribution is 2.19. The van der Waals surface area contributed by atoms with Crippen LogP contribution in [0.5, 0.6) is 0 Å². The number of carbonyl (C=O) groups is 1. The molecular weight excluding hydrogens is 288 g/mol. The molecule has 1 aliphatic heterocycles. The fourth-order valence-corrected chi connectivity index (χ4v) is 2.94. The van der Waals surface area contributed by atoms with Crippen LogP contribution < -0.4 is 5.32 Å². The van der Waals surface area contributed by atoms with Gasteiger partial charge in [-0.2, -0.15) is 0 Å². The van der Waals surface area contributed by atoms with Crippen molar-refractivity contribution in [2.24, 2.45) is 5.41 Å². The predicted octanol–water partition coefficient (Wildman–Crippen LogP) is 2.70. The minimum absolute atomic E-state index is 0.0121. The average Bonchev–Trinajstić information content (AvgIpc) is 2.47. The summed E-state index contributed by atoms with van der Waals surface area (Å²) in [7, 11) is 0. The van der Waals surface area contributed by atoms with Crippen LogP contribution >= 0.6 is 0 Å². The second-order valence-corrected chi connectivity index (χ2v) is 7.79. The molecule has 0 aromatic heterocycles. The Hall–Kier alpha value is -1.39. The summed E-state index contributed by atoms with van der Waals surface area (Å²) in [5.41, 5.74) is 2.46. The molecule has 0 radical (unpaired) electrons. The maximum atomic E-state index is 12.0. The van der Waals surface area contributed by atoms with Crippen LogP contribution in [0.15, 0.2) is 24.3 Å². The number of likely N-dealkylation sites (tertiary alicyclic amines) is 1.